The van der Waals surface area contributed by atoms with E-state index in [1.165, 1.54) is 11.1 Å². The highest BCUT2D eigenvalue weighted by Crippen LogP contribution is 2.29. The summed E-state index contributed by atoms with van der Waals surface area (Å²) in [5.74, 6) is -0.125. The molecule has 29 heavy (non-hydrogen) atoms. The highest BCUT2D eigenvalue weighted by molar-refractivity contribution is 6.02. The molecule has 1 atom stereocenters. The third-order valence-electron chi connectivity index (χ3n) is 5.46. The van der Waals surface area contributed by atoms with Crippen LogP contribution < -0.4 is 15.5 Å². The van der Waals surface area contributed by atoms with Gasteiger partial charge in [-0.25, -0.2) is 0 Å². The van der Waals surface area contributed by atoms with Crippen molar-refractivity contribution in [3.05, 3.63) is 59.2 Å². The fourth-order valence-corrected chi connectivity index (χ4v) is 3.63. The van der Waals surface area contributed by atoms with Gasteiger partial charge in [-0.15, -0.1) is 0 Å². The first kappa shape index (κ1) is 20.9. The van der Waals surface area contributed by atoms with Crippen LogP contribution in [0.4, 0.5) is 11.4 Å². The molecule has 0 aromatic heterocycles. The summed E-state index contributed by atoms with van der Waals surface area (Å²) in [5.41, 5.74) is 4.86. The minimum Gasteiger partial charge on any atom is -0.366 e. The molecule has 1 heterocycles. The largest absolute Gasteiger partial charge is 0.366 e. The molecular weight excluding hydrogens is 362 g/mol. The van der Waals surface area contributed by atoms with Gasteiger partial charge in [0.05, 0.1) is 5.56 Å². The van der Waals surface area contributed by atoms with E-state index in [2.05, 4.69) is 46.7 Å². The second-order valence-corrected chi connectivity index (χ2v) is 7.75. The molecular formula is C24H31N3O2. The van der Waals surface area contributed by atoms with E-state index < -0.39 is 0 Å². The average Bonchev–Trinajstić information content (AvgIpc) is 2.73. The lowest BCUT2D eigenvalue weighted by Gasteiger charge is -2.32. The number of rotatable bonds is 7. The van der Waals surface area contributed by atoms with Crippen LogP contribution in [0.25, 0.3) is 0 Å². The van der Waals surface area contributed by atoms with Crippen molar-refractivity contribution < 1.29 is 9.59 Å². The van der Waals surface area contributed by atoms with Crippen LogP contribution in [0.15, 0.2) is 42.5 Å². The normalized spacial score (nSPS) is 14.1. The Kier molecular flexibility index (Phi) is 6.91. The first-order valence-electron chi connectivity index (χ1n) is 10.6. The second-order valence-electron chi connectivity index (χ2n) is 7.75. The second kappa shape index (κ2) is 9.59. The van der Waals surface area contributed by atoms with Gasteiger partial charge in [-0.3, -0.25) is 9.59 Å². The zero-order chi connectivity index (χ0) is 20.8. The monoisotopic (exact) mass is 393 g/mol. The first-order valence-corrected chi connectivity index (χ1v) is 10.6. The lowest BCUT2D eigenvalue weighted by Crippen LogP contribution is -2.35. The number of carbonyl (C=O) groups is 2. The van der Waals surface area contributed by atoms with E-state index in [9.17, 15) is 9.59 Å². The van der Waals surface area contributed by atoms with Crippen molar-refractivity contribution in [3.8, 4) is 0 Å². The molecule has 0 radical (unpaired) electrons. The van der Waals surface area contributed by atoms with Gasteiger partial charge < -0.3 is 15.5 Å². The number of benzene rings is 2. The molecule has 0 bridgehead atoms. The van der Waals surface area contributed by atoms with E-state index >= 15 is 0 Å². The molecule has 5 heteroatoms. The van der Waals surface area contributed by atoms with Gasteiger partial charge in [0.15, 0.2) is 0 Å². The van der Waals surface area contributed by atoms with Gasteiger partial charge in [0.2, 0.25) is 5.91 Å². The maximum absolute atomic E-state index is 13.0. The molecule has 154 valence electrons. The lowest BCUT2D eigenvalue weighted by atomic mass is 9.98. The number of hydrogen-bond acceptors (Lipinski definition) is 3. The summed E-state index contributed by atoms with van der Waals surface area (Å²) >= 11 is 0. The molecule has 1 aliphatic heterocycles. The summed E-state index contributed by atoms with van der Waals surface area (Å²) in [7, 11) is 0. The van der Waals surface area contributed by atoms with Crippen LogP contribution >= 0.6 is 0 Å². The summed E-state index contributed by atoms with van der Waals surface area (Å²) in [5, 5.41) is 5.99. The first-order chi connectivity index (χ1) is 14.0. The Balaban J connectivity index is 1.90. The van der Waals surface area contributed by atoms with Crippen LogP contribution in [0.3, 0.4) is 0 Å². The molecule has 1 aliphatic rings. The summed E-state index contributed by atoms with van der Waals surface area (Å²) in [6, 6.07) is 14.2. The van der Waals surface area contributed by atoms with Crippen molar-refractivity contribution in [1.29, 1.82) is 0 Å². The van der Waals surface area contributed by atoms with Crippen LogP contribution in [-0.2, 0) is 17.8 Å². The van der Waals surface area contributed by atoms with E-state index in [1.54, 1.807) is 6.07 Å². The molecule has 3 rings (SSSR count). The van der Waals surface area contributed by atoms with Gasteiger partial charge >= 0.3 is 0 Å². The predicted molar refractivity (Wildman–Crippen MR) is 118 cm³/mol. The topological polar surface area (TPSA) is 61.4 Å². The number of amides is 2. The van der Waals surface area contributed by atoms with Crippen LogP contribution in [0.2, 0.25) is 0 Å². The number of anilines is 2. The number of hydrogen-bond donors (Lipinski definition) is 2. The Morgan fingerprint density at radius 2 is 1.86 bits per heavy atom. The van der Waals surface area contributed by atoms with E-state index in [4.69, 9.17) is 0 Å². The quantitative estimate of drug-likeness (QED) is 0.727. The standard InChI is InChI=1S/C24H31N3O2/c1-4-8-23(28)26-20-11-12-22(21(15-20)24(29)25-17(3)5-2)27-14-13-18-9-6-7-10-19(18)16-27/h6-7,9-12,15,17H,4-5,8,13-14,16H2,1-3H3,(H,25,29)(H,26,28)/t17-/m0/s1. The number of carbonyl (C=O) groups excluding carboxylic acids is 2. The summed E-state index contributed by atoms with van der Waals surface area (Å²) < 4.78 is 0. The van der Waals surface area contributed by atoms with Gasteiger partial charge in [-0.05, 0) is 55.5 Å². The molecule has 5 nitrogen and oxygen atoms in total. The maximum Gasteiger partial charge on any atom is 0.253 e. The van der Waals surface area contributed by atoms with Crippen molar-refractivity contribution >= 4 is 23.2 Å². The molecule has 2 N–H and O–H groups in total. The van der Waals surface area contributed by atoms with Crippen LogP contribution in [-0.4, -0.2) is 24.4 Å². The van der Waals surface area contributed by atoms with E-state index in [1.807, 2.05) is 26.0 Å². The molecule has 0 unspecified atom stereocenters. The molecule has 2 amide bonds. The number of nitrogens with zero attached hydrogens (tertiary/aromatic N) is 1. The number of fused-ring (bicyclic) bond motifs is 1. The molecule has 0 spiro atoms. The Morgan fingerprint density at radius 3 is 2.59 bits per heavy atom. The minimum absolute atomic E-state index is 0.0274. The van der Waals surface area contributed by atoms with Gasteiger partial charge in [-0.2, -0.15) is 0 Å². The Morgan fingerprint density at radius 1 is 1.10 bits per heavy atom. The third-order valence-corrected chi connectivity index (χ3v) is 5.46. The van der Waals surface area contributed by atoms with Crippen molar-refractivity contribution in [2.45, 2.75) is 59.0 Å². The predicted octanol–water partition coefficient (Wildman–Crippen LogP) is 4.52. The van der Waals surface area contributed by atoms with Gasteiger partial charge in [-0.1, -0.05) is 38.1 Å². The fourth-order valence-electron chi connectivity index (χ4n) is 3.63. The van der Waals surface area contributed by atoms with Gasteiger partial charge in [0.25, 0.3) is 5.91 Å². The minimum atomic E-state index is -0.0974. The van der Waals surface area contributed by atoms with Crippen molar-refractivity contribution in [2.75, 3.05) is 16.8 Å². The van der Waals surface area contributed by atoms with Crippen molar-refractivity contribution in [1.82, 2.24) is 5.32 Å². The van der Waals surface area contributed by atoms with Crippen molar-refractivity contribution in [3.63, 3.8) is 0 Å². The summed E-state index contributed by atoms with van der Waals surface area (Å²) in [6.45, 7) is 7.67. The highest BCUT2D eigenvalue weighted by Gasteiger charge is 2.22. The zero-order valence-corrected chi connectivity index (χ0v) is 17.6. The van der Waals surface area contributed by atoms with Crippen LogP contribution in [0, 0.1) is 0 Å². The average molecular weight is 394 g/mol. The molecule has 2 aromatic rings. The highest BCUT2D eigenvalue weighted by atomic mass is 16.2. The molecule has 0 fully saturated rings. The maximum atomic E-state index is 13.0. The van der Waals surface area contributed by atoms with E-state index in [-0.39, 0.29) is 17.9 Å². The fraction of sp³-hybridized carbons (Fsp3) is 0.417. The van der Waals surface area contributed by atoms with E-state index in [0.717, 1.165) is 38.0 Å². The van der Waals surface area contributed by atoms with Gasteiger partial charge in [0.1, 0.15) is 0 Å². The smallest absolute Gasteiger partial charge is 0.253 e. The SMILES string of the molecule is CCCC(=O)Nc1ccc(N2CCc3ccccc3C2)c(C(=O)N[C@@H](C)CC)c1. The molecule has 0 aliphatic carbocycles. The Hall–Kier alpha value is -2.82. The van der Waals surface area contributed by atoms with Crippen molar-refractivity contribution in [2.24, 2.45) is 0 Å². The Bertz CT molecular complexity index is 878. The van der Waals surface area contributed by atoms with Crippen LogP contribution in [0.1, 0.15) is 61.5 Å². The molecule has 0 saturated heterocycles. The van der Waals surface area contributed by atoms with E-state index in [0.29, 0.717) is 17.7 Å². The molecule has 2 aromatic carbocycles. The zero-order valence-electron chi connectivity index (χ0n) is 17.6. The van der Waals surface area contributed by atoms with Gasteiger partial charge in [0, 0.05) is 36.9 Å². The number of nitrogens with one attached hydrogen (secondary N) is 2. The molecule has 0 saturated carbocycles. The summed E-state index contributed by atoms with van der Waals surface area (Å²) in [6.07, 6.45) is 3.08. The third kappa shape index (κ3) is 5.17. The summed E-state index contributed by atoms with van der Waals surface area (Å²) in [4.78, 5) is 27.3. The Labute approximate surface area is 173 Å². The lowest BCUT2D eigenvalue weighted by molar-refractivity contribution is -0.116. The van der Waals surface area contributed by atoms with Crippen LogP contribution in [0.5, 0.6) is 0 Å².